The summed E-state index contributed by atoms with van der Waals surface area (Å²) in [4.78, 5) is 85.0. The van der Waals surface area contributed by atoms with Gasteiger partial charge in [0.1, 0.15) is 23.2 Å². The topological polar surface area (TPSA) is 183 Å². The van der Waals surface area contributed by atoms with Gasteiger partial charge in [-0.3, -0.25) is 29.6 Å². The third-order valence-corrected chi connectivity index (χ3v) is 23.8. The van der Waals surface area contributed by atoms with Crippen LogP contribution >= 0.6 is 23.2 Å². The lowest BCUT2D eigenvalue weighted by atomic mass is 9.80. The normalized spacial score (nSPS) is 20.8. The van der Waals surface area contributed by atoms with Gasteiger partial charge in [-0.25, -0.2) is 19.2 Å². The van der Waals surface area contributed by atoms with Crippen LogP contribution in [0.2, 0.25) is 0 Å². The molecular formula is C79H88BBrN12O8P+. The number of pyridine rings is 4. The van der Waals surface area contributed by atoms with Gasteiger partial charge >= 0.3 is 31.2 Å². The summed E-state index contributed by atoms with van der Waals surface area (Å²) in [6.45, 7) is 23.9. The Morgan fingerprint density at radius 3 is 1.16 bits per heavy atom. The second-order valence-electron chi connectivity index (χ2n) is 26.4. The monoisotopic (exact) mass is 1450 g/mol. The van der Waals surface area contributed by atoms with Crippen molar-refractivity contribution in [3.8, 4) is 0 Å². The molecule has 9 aliphatic rings. The van der Waals surface area contributed by atoms with Crippen LogP contribution < -0.4 is 21.4 Å². The number of urea groups is 4. The van der Waals surface area contributed by atoms with E-state index in [1.54, 1.807) is 81.3 Å². The highest BCUT2D eigenvalue weighted by Crippen LogP contribution is 2.56. The molecule has 102 heavy (non-hydrogen) atoms. The largest absolute Gasteiger partial charge is 0.494 e. The van der Waals surface area contributed by atoms with Crippen LogP contribution in [0.1, 0.15) is 51.3 Å². The van der Waals surface area contributed by atoms with Gasteiger partial charge in [-0.05, 0) is 164 Å². The molecule has 0 aliphatic carbocycles. The molecule has 4 atom stereocenters. The smallest absolute Gasteiger partial charge is 0.399 e. The molecule has 20 nitrogen and oxygen atoms in total. The summed E-state index contributed by atoms with van der Waals surface area (Å²) in [5.74, 6) is 2.41. The molecule has 5 saturated heterocycles. The predicted octanol–water partition coefficient (Wildman–Crippen LogP) is 11.5. The highest BCUT2D eigenvalue weighted by Gasteiger charge is 2.52. The van der Waals surface area contributed by atoms with Crippen molar-refractivity contribution >= 4 is 92.5 Å². The first-order valence-corrected chi connectivity index (χ1v) is 36.8. The van der Waals surface area contributed by atoms with Crippen molar-refractivity contribution in [2.24, 2.45) is 0 Å². The molecule has 23 heteroatoms. The number of rotatable bonds is 14. The number of aromatic nitrogens is 4. The fraction of sp³-hybridized carbons (Fsp3) is 0.291. The third-order valence-electron chi connectivity index (χ3n) is 19.2. The van der Waals surface area contributed by atoms with Gasteiger partial charge in [0.25, 0.3) is 0 Å². The zero-order valence-corrected chi connectivity index (χ0v) is 61.3. The second-order valence-corrected chi connectivity index (χ2v) is 30.8. The zero-order chi connectivity index (χ0) is 72.0. The molecule has 5 fully saturated rings. The highest BCUT2D eigenvalue weighted by atomic mass is 79.9. The molecule has 0 N–H and O–H groups in total. The van der Waals surface area contributed by atoms with Gasteiger partial charge in [0, 0.05) is 114 Å². The standard InChI is InChI=1S/C21H20P.C14H15N3O2.2C12H13N3O.C11H16BNO2.C9H11BrN2O2/c1-2-18-22(19-12-6-3-7-13-19,20-14-8-4-9-15-20)21-16-10-5-11-17-21;1-2-7-19-17-13-8-12(9-16(10-13)14(17)18)11-3-5-15-6-4-11;2*1-14-11-6-10(7-15(8-11)12(14)16)9-2-4-13-5-3-9;1-10(2)11(3,4)15-12(14-10)9-5-7-13-8-6-9;1-2-3-14-12-8-4-7(10)5-11(6-8)9(12)13/h2-18H,1H3;2-6,8,13H,1,7,9-10H2;2*2-6,11H,7-8H2,1H3;5-8H,1-4H3;2,4,8H,1,3,5-6H2/q+1;;;;;/b18-2+;;;;;. The van der Waals surface area contributed by atoms with Crippen LogP contribution in [0.3, 0.4) is 0 Å². The molecule has 13 heterocycles. The molecule has 4 aromatic heterocycles. The van der Waals surface area contributed by atoms with Crippen LogP contribution in [0.15, 0.2) is 255 Å². The Hall–Kier alpha value is -9.67. The van der Waals surface area contributed by atoms with E-state index in [9.17, 15) is 19.2 Å². The van der Waals surface area contributed by atoms with Crippen molar-refractivity contribution in [1.82, 2.24) is 59.5 Å². The van der Waals surface area contributed by atoms with E-state index in [1.165, 1.54) is 37.2 Å². The molecule has 16 rings (SSSR count). The Morgan fingerprint density at radius 1 is 0.480 bits per heavy atom. The number of hydrogen-bond acceptors (Lipinski definition) is 12. The Kier molecular flexibility index (Phi) is 24.1. The predicted molar refractivity (Wildman–Crippen MR) is 408 cm³/mol. The quantitative estimate of drug-likeness (QED) is 0.0571. The Bertz CT molecular complexity index is 4000. The van der Waals surface area contributed by atoms with Gasteiger partial charge in [0.2, 0.25) is 0 Å². The van der Waals surface area contributed by atoms with Crippen molar-refractivity contribution in [3.63, 3.8) is 0 Å². The van der Waals surface area contributed by atoms with Crippen LogP contribution in [0.25, 0.3) is 16.7 Å². The van der Waals surface area contributed by atoms with E-state index in [4.69, 9.17) is 19.0 Å². The molecule has 0 spiro atoms. The first-order chi connectivity index (χ1) is 49.3. The minimum absolute atomic E-state index is 0.0237. The number of carbonyl (C=O) groups is 4. The maximum atomic E-state index is 12.1. The number of benzene rings is 3. The number of hydrogen-bond donors (Lipinski definition) is 0. The lowest BCUT2D eigenvalue weighted by molar-refractivity contribution is -0.107. The Morgan fingerprint density at radius 2 is 0.804 bits per heavy atom. The van der Waals surface area contributed by atoms with Crippen LogP contribution in [-0.2, 0) is 19.0 Å². The molecule has 9 aliphatic heterocycles. The average molecular weight is 1460 g/mol. The van der Waals surface area contributed by atoms with Gasteiger partial charge in [-0.15, -0.1) is 13.2 Å². The maximum Gasteiger partial charge on any atom is 0.494 e. The van der Waals surface area contributed by atoms with Crippen LogP contribution in [-0.4, -0.2) is 206 Å². The summed E-state index contributed by atoms with van der Waals surface area (Å²) in [6.07, 6.45) is 28.1. The van der Waals surface area contributed by atoms with Crippen molar-refractivity contribution < 1.29 is 38.2 Å². The third kappa shape index (κ3) is 16.8. The van der Waals surface area contributed by atoms with Gasteiger partial charge < -0.3 is 38.7 Å². The van der Waals surface area contributed by atoms with Crippen LogP contribution in [0, 0.1) is 0 Å². The summed E-state index contributed by atoms with van der Waals surface area (Å²) < 4.78 is 12.8. The summed E-state index contributed by atoms with van der Waals surface area (Å²) in [7, 11) is 1.71. The minimum atomic E-state index is -1.73. The Labute approximate surface area is 608 Å². The number of nitrogens with zero attached hydrogens (tertiary/aromatic N) is 12. The number of fused-ring (bicyclic) bond motifs is 8. The molecular weight excluding hydrogens is 1370 g/mol. The second kappa shape index (κ2) is 33.4. The average Bonchev–Trinajstić information content (AvgIpc) is 1.36. The van der Waals surface area contributed by atoms with E-state index in [-0.39, 0.29) is 66.6 Å². The fourth-order valence-corrected chi connectivity index (χ4v) is 17.6. The molecule has 526 valence electrons. The van der Waals surface area contributed by atoms with E-state index in [0.717, 1.165) is 45.3 Å². The molecule has 0 saturated carbocycles. The fourth-order valence-electron chi connectivity index (χ4n) is 13.2. The molecule has 3 aromatic carbocycles. The number of amides is 8. The Balaban J connectivity index is 0.000000124. The number of halogens is 1. The van der Waals surface area contributed by atoms with Crippen molar-refractivity contribution in [2.75, 3.05) is 79.7 Å². The van der Waals surface area contributed by atoms with E-state index < -0.39 is 7.26 Å². The van der Waals surface area contributed by atoms with E-state index >= 15 is 0 Å². The van der Waals surface area contributed by atoms with Crippen molar-refractivity contribution in [2.45, 2.75) is 70.0 Å². The number of carbonyl (C=O) groups excluding carboxylic acids is 4. The SMILES string of the molecule is C/C=C/[P+](c1ccccc1)(c1ccccc1)c1ccccc1.C=CCON1C(=O)N2CC(Br)=CC1C2.C=CCON1C(=O)N2CC(c3ccncc3)=CC1C2.CC1(C)OB(c2ccncc2)OC1(C)C.CN1C(=O)N2CC(c3ccncc3)=CC1C2.CN1C(=O)N2CC(c3ccncc3)=CC1C2. The van der Waals surface area contributed by atoms with E-state index in [0.29, 0.717) is 52.5 Å². The van der Waals surface area contributed by atoms with Gasteiger partial charge in [-0.1, -0.05) is 107 Å². The highest BCUT2D eigenvalue weighted by molar-refractivity contribution is 9.11. The lowest BCUT2D eigenvalue weighted by Gasteiger charge is -2.32. The van der Waals surface area contributed by atoms with Crippen molar-refractivity contribution in [1.29, 1.82) is 0 Å². The number of likely N-dealkylation sites (N-methyl/N-ethyl adjacent to an activating group) is 2. The summed E-state index contributed by atoms with van der Waals surface area (Å²) in [5, 5.41) is 7.03. The summed E-state index contributed by atoms with van der Waals surface area (Å²) in [5.41, 5.74) is 7.46. The number of hydroxylamine groups is 4. The molecule has 8 bridgehead atoms. The minimum Gasteiger partial charge on any atom is -0.399 e. The lowest BCUT2D eigenvalue weighted by Crippen LogP contribution is -2.41. The molecule has 4 unspecified atom stereocenters. The first-order valence-electron chi connectivity index (χ1n) is 34.1. The van der Waals surface area contributed by atoms with Crippen LogP contribution in [0.4, 0.5) is 19.2 Å². The van der Waals surface area contributed by atoms with Gasteiger partial charge in [-0.2, -0.15) is 10.1 Å². The molecule has 7 aromatic rings. The number of allylic oxidation sites excluding steroid dienone is 1. The van der Waals surface area contributed by atoms with E-state index in [2.05, 4.69) is 177 Å². The molecule has 0 radical (unpaired) electrons. The summed E-state index contributed by atoms with van der Waals surface area (Å²) in [6, 6.07) is 48.9. The van der Waals surface area contributed by atoms with Gasteiger partial charge in [0.05, 0.1) is 60.9 Å². The van der Waals surface area contributed by atoms with Crippen LogP contribution in [0.5, 0.6) is 0 Å². The van der Waals surface area contributed by atoms with E-state index in [1.807, 2.05) is 106 Å². The zero-order valence-electron chi connectivity index (χ0n) is 58.8. The van der Waals surface area contributed by atoms with Crippen molar-refractivity contribution in [3.05, 3.63) is 272 Å². The first kappa shape index (κ1) is 73.6. The van der Waals surface area contributed by atoms with Gasteiger partial charge in [0.15, 0.2) is 0 Å². The molecule has 8 amide bonds. The summed E-state index contributed by atoms with van der Waals surface area (Å²) >= 11 is 3.40. The maximum absolute atomic E-state index is 12.1.